The maximum Gasteiger partial charge on any atom is 0.212 e. The van der Waals surface area contributed by atoms with Gasteiger partial charge in [0.15, 0.2) is 0 Å². The zero-order valence-electron chi connectivity index (χ0n) is 13.5. The molecule has 0 radical (unpaired) electrons. The van der Waals surface area contributed by atoms with E-state index < -0.39 is 28.0 Å². The van der Waals surface area contributed by atoms with E-state index in [2.05, 4.69) is 0 Å². The molecule has 0 bridgehead atoms. The summed E-state index contributed by atoms with van der Waals surface area (Å²) in [5.41, 5.74) is 2.32. The molecule has 3 rings (SSSR count). The summed E-state index contributed by atoms with van der Waals surface area (Å²) in [7, 11) is -3.61. The number of halogens is 1. The van der Waals surface area contributed by atoms with Crippen LogP contribution in [0.25, 0.3) is 11.1 Å². The summed E-state index contributed by atoms with van der Waals surface area (Å²) in [5, 5.41) is 19.2. The third-order valence-electron chi connectivity index (χ3n) is 4.53. The molecule has 1 N–H and O–H groups in total. The molecule has 1 heterocycles. The van der Waals surface area contributed by atoms with Crippen LogP contribution in [0, 0.1) is 17.1 Å². The average Bonchev–Trinajstić information content (AvgIpc) is 2.55. The Kier molecular flexibility index (Phi) is 4.60. The molecule has 0 aromatic heterocycles. The summed E-state index contributed by atoms with van der Waals surface area (Å²) in [4.78, 5) is 0. The fourth-order valence-corrected chi connectivity index (χ4v) is 4.75. The third kappa shape index (κ3) is 3.04. The number of nitriles is 1. The van der Waals surface area contributed by atoms with E-state index in [1.54, 1.807) is 18.2 Å². The fraction of sp³-hybridized carbons (Fsp3) is 0.278. The number of aliphatic hydroxyl groups excluding tert-OH is 1. The Labute approximate surface area is 146 Å². The number of rotatable bonds is 4. The number of benzene rings is 2. The quantitative estimate of drug-likeness (QED) is 0.905. The van der Waals surface area contributed by atoms with E-state index in [1.165, 1.54) is 12.1 Å². The van der Waals surface area contributed by atoms with Crippen LogP contribution >= 0.6 is 0 Å². The van der Waals surface area contributed by atoms with Gasteiger partial charge in [0.25, 0.3) is 0 Å². The van der Waals surface area contributed by atoms with Crippen molar-refractivity contribution in [3.63, 3.8) is 0 Å². The molecule has 7 heteroatoms. The van der Waals surface area contributed by atoms with Gasteiger partial charge in [-0.25, -0.2) is 12.8 Å². The standard InChI is InChI=1S/C18H17FN2O3S/c1-25(23,24)21-16(10-20)18(17(21)11-22)15-5-3-2-4-14(15)12-6-8-13(19)9-7-12/h2-9,16-18,22H,11H2,1H3/t16-,17+,18+/m0/s1. The second kappa shape index (κ2) is 6.56. The molecule has 130 valence electrons. The van der Waals surface area contributed by atoms with Crippen LogP contribution in [0.2, 0.25) is 0 Å². The molecule has 1 aliphatic heterocycles. The predicted molar refractivity (Wildman–Crippen MR) is 91.5 cm³/mol. The minimum absolute atomic E-state index is 0.351. The molecule has 0 spiro atoms. The first-order valence-electron chi connectivity index (χ1n) is 7.72. The smallest absolute Gasteiger partial charge is 0.212 e. The molecule has 2 aromatic carbocycles. The van der Waals surface area contributed by atoms with E-state index in [0.29, 0.717) is 0 Å². The van der Waals surface area contributed by atoms with Crippen molar-refractivity contribution in [1.29, 1.82) is 5.26 Å². The van der Waals surface area contributed by atoms with Crippen LogP contribution < -0.4 is 0 Å². The van der Waals surface area contributed by atoms with Crippen molar-refractivity contribution in [1.82, 2.24) is 4.31 Å². The van der Waals surface area contributed by atoms with Gasteiger partial charge in [0.05, 0.1) is 25.0 Å². The first-order valence-corrected chi connectivity index (χ1v) is 9.57. The van der Waals surface area contributed by atoms with Crippen LogP contribution in [0.5, 0.6) is 0 Å². The van der Waals surface area contributed by atoms with Crippen LogP contribution in [-0.4, -0.2) is 42.8 Å². The Balaban J connectivity index is 2.08. The van der Waals surface area contributed by atoms with E-state index in [4.69, 9.17) is 0 Å². The molecule has 0 unspecified atom stereocenters. The Bertz CT molecular complexity index is 922. The molecule has 2 aromatic rings. The largest absolute Gasteiger partial charge is 0.395 e. The van der Waals surface area contributed by atoms with Gasteiger partial charge in [-0.3, -0.25) is 0 Å². The van der Waals surface area contributed by atoms with Gasteiger partial charge < -0.3 is 5.11 Å². The lowest BCUT2D eigenvalue weighted by atomic mass is 9.75. The minimum Gasteiger partial charge on any atom is -0.395 e. The summed E-state index contributed by atoms with van der Waals surface area (Å²) >= 11 is 0. The first-order chi connectivity index (χ1) is 11.9. The zero-order valence-corrected chi connectivity index (χ0v) is 14.3. The number of nitrogens with zero attached hydrogens (tertiary/aromatic N) is 2. The van der Waals surface area contributed by atoms with Crippen molar-refractivity contribution >= 4 is 10.0 Å². The Morgan fingerprint density at radius 2 is 1.84 bits per heavy atom. The third-order valence-corrected chi connectivity index (χ3v) is 5.80. The highest BCUT2D eigenvalue weighted by atomic mass is 32.2. The van der Waals surface area contributed by atoms with Crippen molar-refractivity contribution < 1.29 is 17.9 Å². The van der Waals surface area contributed by atoms with Crippen molar-refractivity contribution in [3.8, 4) is 17.2 Å². The summed E-state index contributed by atoms with van der Waals surface area (Å²) in [5.74, 6) is -0.803. The summed E-state index contributed by atoms with van der Waals surface area (Å²) < 4.78 is 38.1. The van der Waals surface area contributed by atoms with Gasteiger partial charge in [-0.2, -0.15) is 9.57 Å². The lowest BCUT2D eigenvalue weighted by molar-refractivity contribution is 0.0566. The van der Waals surface area contributed by atoms with E-state index in [-0.39, 0.29) is 12.4 Å². The maximum absolute atomic E-state index is 13.2. The molecular weight excluding hydrogens is 343 g/mol. The van der Waals surface area contributed by atoms with Crippen molar-refractivity contribution in [2.24, 2.45) is 0 Å². The van der Waals surface area contributed by atoms with Gasteiger partial charge in [0, 0.05) is 5.92 Å². The topological polar surface area (TPSA) is 81.4 Å². The van der Waals surface area contributed by atoms with E-state index in [1.807, 2.05) is 24.3 Å². The lowest BCUT2D eigenvalue weighted by Crippen LogP contribution is -2.64. The van der Waals surface area contributed by atoms with Crippen LogP contribution in [0.1, 0.15) is 11.5 Å². The SMILES string of the molecule is CS(=O)(=O)N1[C@H](CO)[C@H](c2ccccc2-c2ccc(F)cc2)[C@@H]1C#N. The van der Waals surface area contributed by atoms with Crippen LogP contribution in [0.15, 0.2) is 48.5 Å². The van der Waals surface area contributed by atoms with E-state index in [9.17, 15) is 23.2 Å². The summed E-state index contributed by atoms with van der Waals surface area (Å²) in [6, 6.07) is 13.7. The molecule has 25 heavy (non-hydrogen) atoms. The van der Waals surface area contributed by atoms with Crippen LogP contribution in [-0.2, 0) is 10.0 Å². The zero-order chi connectivity index (χ0) is 18.2. The number of hydrogen-bond donors (Lipinski definition) is 1. The first kappa shape index (κ1) is 17.5. The van der Waals surface area contributed by atoms with Crippen molar-refractivity contribution in [3.05, 3.63) is 59.9 Å². The van der Waals surface area contributed by atoms with Gasteiger partial charge in [-0.1, -0.05) is 36.4 Å². The highest BCUT2D eigenvalue weighted by Crippen LogP contribution is 2.45. The normalized spacial score (nSPS) is 23.7. The molecule has 5 nitrogen and oxygen atoms in total. The highest BCUT2D eigenvalue weighted by molar-refractivity contribution is 7.88. The fourth-order valence-electron chi connectivity index (χ4n) is 3.47. The van der Waals surface area contributed by atoms with Gasteiger partial charge in [0.1, 0.15) is 11.9 Å². The molecular formula is C18H17FN2O3S. The molecule has 1 fully saturated rings. The average molecular weight is 360 g/mol. The van der Waals surface area contributed by atoms with Crippen LogP contribution in [0.4, 0.5) is 4.39 Å². The van der Waals surface area contributed by atoms with Gasteiger partial charge in [-0.05, 0) is 28.8 Å². The molecule has 3 atom stereocenters. The lowest BCUT2D eigenvalue weighted by Gasteiger charge is -2.50. The Morgan fingerprint density at radius 1 is 1.20 bits per heavy atom. The van der Waals surface area contributed by atoms with E-state index >= 15 is 0 Å². The minimum atomic E-state index is -3.61. The highest BCUT2D eigenvalue weighted by Gasteiger charge is 2.54. The summed E-state index contributed by atoms with van der Waals surface area (Å²) in [6.07, 6.45) is 1.03. The molecule has 0 amide bonds. The monoisotopic (exact) mass is 360 g/mol. The summed E-state index contributed by atoms with van der Waals surface area (Å²) in [6.45, 7) is -0.381. The van der Waals surface area contributed by atoms with Crippen molar-refractivity contribution in [2.45, 2.75) is 18.0 Å². The molecule has 0 aliphatic carbocycles. The van der Waals surface area contributed by atoms with Crippen LogP contribution in [0.3, 0.4) is 0 Å². The Morgan fingerprint density at radius 3 is 2.40 bits per heavy atom. The number of aliphatic hydroxyl groups is 1. The van der Waals surface area contributed by atoms with Crippen molar-refractivity contribution in [2.75, 3.05) is 12.9 Å². The van der Waals surface area contributed by atoms with E-state index in [0.717, 1.165) is 27.3 Å². The number of sulfonamides is 1. The molecule has 1 saturated heterocycles. The van der Waals surface area contributed by atoms with Gasteiger partial charge in [0.2, 0.25) is 10.0 Å². The van der Waals surface area contributed by atoms with Gasteiger partial charge in [-0.15, -0.1) is 0 Å². The second-order valence-corrected chi connectivity index (χ2v) is 7.92. The molecule has 1 aliphatic rings. The van der Waals surface area contributed by atoms with Gasteiger partial charge >= 0.3 is 0 Å². The molecule has 0 saturated carbocycles. The second-order valence-electron chi connectivity index (χ2n) is 6.04. The Hall–Kier alpha value is -2.27. The maximum atomic E-state index is 13.2. The predicted octanol–water partition coefficient (Wildman–Crippen LogP) is 2.10. The number of hydrogen-bond acceptors (Lipinski definition) is 4.